The number of carbonyl (C=O) groups excluding carboxylic acids is 1. The summed E-state index contributed by atoms with van der Waals surface area (Å²) in [7, 11) is 1.64. The van der Waals surface area contributed by atoms with E-state index in [0.29, 0.717) is 26.3 Å². The molecule has 1 aromatic heterocycles. The molecular weight excluding hydrogens is 438 g/mol. The molecule has 6 heteroatoms. The van der Waals surface area contributed by atoms with Crippen LogP contribution in [0, 0.1) is 0 Å². The van der Waals surface area contributed by atoms with Gasteiger partial charge in [-0.05, 0) is 53.1 Å². The first-order valence-corrected chi connectivity index (χ1v) is 11.6. The van der Waals surface area contributed by atoms with Crippen molar-refractivity contribution in [2.45, 2.75) is 13.2 Å². The Balaban J connectivity index is 1.28. The van der Waals surface area contributed by atoms with Crippen LogP contribution in [0.25, 0.3) is 11.1 Å². The Kier molecular flexibility index (Phi) is 8.32. The monoisotopic (exact) mass is 467 g/mol. The van der Waals surface area contributed by atoms with E-state index in [4.69, 9.17) is 9.47 Å². The minimum atomic E-state index is -0.125. The Morgan fingerprint density at radius 1 is 0.800 bits per heavy atom. The first kappa shape index (κ1) is 23.8. The second-order valence-electron chi connectivity index (χ2n) is 7.97. The third-order valence-corrected chi connectivity index (χ3v) is 5.50. The maximum Gasteiger partial charge on any atom is 0.317 e. The van der Waals surface area contributed by atoms with Gasteiger partial charge in [0.25, 0.3) is 0 Å². The maximum atomic E-state index is 12.2. The average Bonchev–Trinajstić information content (AvgIpc) is 2.93. The summed E-state index contributed by atoms with van der Waals surface area (Å²) in [6.45, 7) is 1.86. The molecule has 0 aliphatic heterocycles. The summed E-state index contributed by atoms with van der Waals surface area (Å²) >= 11 is 0. The minimum Gasteiger partial charge on any atom is -0.492 e. The van der Waals surface area contributed by atoms with Crippen molar-refractivity contribution in [3.8, 4) is 22.6 Å². The molecule has 178 valence electrons. The number of aromatic nitrogens is 1. The molecule has 0 radical (unpaired) electrons. The van der Waals surface area contributed by atoms with E-state index in [0.717, 1.165) is 33.9 Å². The van der Waals surface area contributed by atoms with Gasteiger partial charge in [-0.3, -0.25) is 4.98 Å². The SMILES string of the molecule is CNC(=O)N(CCOc1ccc(-c2ccc(OCc3ccccn3)cc2)cc1)Cc1ccccc1. The first-order valence-electron chi connectivity index (χ1n) is 11.6. The molecular formula is C29H29N3O3. The lowest BCUT2D eigenvalue weighted by atomic mass is 10.1. The number of hydrogen-bond donors (Lipinski definition) is 1. The van der Waals surface area contributed by atoms with Crippen LogP contribution in [0.15, 0.2) is 103 Å². The lowest BCUT2D eigenvalue weighted by molar-refractivity contribution is 0.181. The third kappa shape index (κ3) is 7.08. The van der Waals surface area contributed by atoms with Gasteiger partial charge in [-0.2, -0.15) is 0 Å². The highest BCUT2D eigenvalue weighted by molar-refractivity contribution is 5.73. The molecule has 0 atom stereocenters. The van der Waals surface area contributed by atoms with Crippen LogP contribution in [0.1, 0.15) is 11.3 Å². The van der Waals surface area contributed by atoms with Gasteiger partial charge in [0.1, 0.15) is 24.7 Å². The summed E-state index contributed by atoms with van der Waals surface area (Å²) in [5, 5.41) is 2.70. The standard InChI is InChI=1S/C29H29N3O3/c1-30-29(33)32(21-23-7-3-2-4-8-23)19-20-34-27-14-10-24(11-15-27)25-12-16-28(17-13-25)35-22-26-9-5-6-18-31-26/h2-18H,19-22H2,1H3,(H,30,33). The molecule has 4 aromatic rings. The Bertz CT molecular complexity index is 1180. The number of carbonyl (C=O) groups is 1. The Labute approximate surface area is 206 Å². The van der Waals surface area contributed by atoms with E-state index in [2.05, 4.69) is 10.3 Å². The van der Waals surface area contributed by atoms with Crippen LogP contribution in [0.5, 0.6) is 11.5 Å². The number of urea groups is 1. The molecule has 0 saturated carbocycles. The fraction of sp³-hybridized carbons (Fsp3) is 0.172. The van der Waals surface area contributed by atoms with Crippen molar-refractivity contribution in [1.82, 2.24) is 15.2 Å². The summed E-state index contributed by atoms with van der Waals surface area (Å²) < 4.78 is 11.7. The Morgan fingerprint density at radius 3 is 2.03 bits per heavy atom. The van der Waals surface area contributed by atoms with Crippen LogP contribution in [-0.2, 0) is 13.2 Å². The number of nitrogens with one attached hydrogen (secondary N) is 1. The molecule has 4 rings (SSSR count). The molecule has 2 amide bonds. The van der Waals surface area contributed by atoms with Gasteiger partial charge in [0, 0.05) is 19.8 Å². The van der Waals surface area contributed by atoms with Crippen molar-refractivity contribution < 1.29 is 14.3 Å². The van der Waals surface area contributed by atoms with Crippen LogP contribution >= 0.6 is 0 Å². The van der Waals surface area contributed by atoms with Gasteiger partial charge >= 0.3 is 6.03 Å². The number of ether oxygens (including phenoxy) is 2. The molecule has 6 nitrogen and oxygen atoms in total. The van der Waals surface area contributed by atoms with Gasteiger partial charge in [-0.1, -0.05) is 60.7 Å². The molecule has 0 unspecified atom stereocenters. The second-order valence-corrected chi connectivity index (χ2v) is 7.97. The highest BCUT2D eigenvalue weighted by Gasteiger charge is 2.12. The van der Waals surface area contributed by atoms with Gasteiger partial charge in [0.05, 0.1) is 12.2 Å². The van der Waals surface area contributed by atoms with Crippen LogP contribution in [0.4, 0.5) is 4.79 Å². The predicted molar refractivity (Wildman–Crippen MR) is 137 cm³/mol. The molecule has 0 spiro atoms. The zero-order chi connectivity index (χ0) is 24.3. The molecule has 1 N–H and O–H groups in total. The number of hydrogen-bond acceptors (Lipinski definition) is 4. The second kappa shape index (κ2) is 12.2. The van der Waals surface area contributed by atoms with E-state index < -0.39 is 0 Å². The maximum absolute atomic E-state index is 12.2. The van der Waals surface area contributed by atoms with Crippen molar-refractivity contribution >= 4 is 6.03 Å². The van der Waals surface area contributed by atoms with Gasteiger partial charge in [-0.15, -0.1) is 0 Å². The van der Waals surface area contributed by atoms with E-state index in [1.165, 1.54) is 0 Å². The molecule has 0 aliphatic carbocycles. The van der Waals surface area contributed by atoms with E-state index >= 15 is 0 Å². The predicted octanol–water partition coefficient (Wildman–Crippen LogP) is 5.55. The molecule has 3 aromatic carbocycles. The van der Waals surface area contributed by atoms with E-state index in [1.54, 1.807) is 18.1 Å². The van der Waals surface area contributed by atoms with Gasteiger partial charge in [0.2, 0.25) is 0 Å². The minimum absolute atomic E-state index is 0.125. The van der Waals surface area contributed by atoms with Crippen LogP contribution in [0.2, 0.25) is 0 Å². The van der Waals surface area contributed by atoms with E-state index in [1.807, 2.05) is 97.1 Å². The molecule has 0 bridgehead atoms. The molecule has 0 saturated heterocycles. The van der Waals surface area contributed by atoms with Gasteiger partial charge in [-0.25, -0.2) is 4.79 Å². The summed E-state index contributed by atoms with van der Waals surface area (Å²) in [6, 6.07) is 31.5. The van der Waals surface area contributed by atoms with Crippen molar-refractivity contribution in [3.63, 3.8) is 0 Å². The van der Waals surface area contributed by atoms with E-state index in [-0.39, 0.29) is 6.03 Å². The quantitative estimate of drug-likeness (QED) is 0.332. The largest absolute Gasteiger partial charge is 0.492 e. The Morgan fingerprint density at radius 2 is 1.43 bits per heavy atom. The number of amides is 2. The van der Waals surface area contributed by atoms with Gasteiger partial charge in [0.15, 0.2) is 0 Å². The molecule has 0 aliphatic rings. The number of nitrogens with zero attached hydrogens (tertiary/aromatic N) is 2. The topological polar surface area (TPSA) is 63.7 Å². The zero-order valence-corrected chi connectivity index (χ0v) is 19.8. The Hall–Kier alpha value is -4.32. The van der Waals surface area contributed by atoms with Gasteiger partial charge < -0.3 is 19.7 Å². The first-order chi connectivity index (χ1) is 17.2. The summed E-state index contributed by atoms with van der Waals surface area (Å²) in [5.41, 5.74) is 4.15. The number of benzene rings is 3. The van der Waals surface area contributed by atoms with Crippen molar-refractivity contribution in [2.24, 2.45) is 0 Å². The lowest BCUT2D eigenvalue weighted by Gasteiger charge is -2.22. The highest BCUT2D eigenvalue weighted by Crippen LogP contribution is 2.25. The normalized spacial score (nSPS) is 10.4. The fourth-order valence-electron chi connectivity index (χ4n) is 3.62. The van der Waals surface area contributed by atoms with Crippen molar-refractivity contribution in [2.75, 3.05) is 20.2 Å². The summed E-state index contributed by atoms with van der Waals surface area (Å²) in [4.78, 5) is 18.3. The number of pyridine rings is 1. The number of rotatable bonds is 10. The van der Waals surface area contributed by atoms with Crippen LogP contribution < -0.4 is 14.8 Å². The lowest BCUT2D eigenvalue weighted by Crippen LogP contribution is -2.40. The van der Waals surface area contributed by atoms with Crippen molar-refractivity contribution in [1.29, 1.82) is 0 Å². The summed E-state index contributed by atoms with van der Waals surface area (Å²) in [5.74, 6) is 1.57. The molecule has 1 heterocycles. The average molecular weight is 468 g/mol. The fourth-order valence-corrected chi connectivity index (χ4v) is 3.62. The molecule has 35 heavy (non-hydrogen) atoms. The van der Waals surface area contributed by atoms with Crippen LogP contribution in [0.3, 0.4) is 0 Å². The summed E-state index contributed by atoms with van der Waals surface area (Å²) in [6.07, 6.45) is 1.76. The van der Waals surface area contributed by atoms with E-state index in [9.17, 15) is 4.79 Å². The van der Waals surface area contributed by atoms with Crippen LogP contribution in [-0.4, -0.2) is 36.1 Å². The highest BCUT2D eigenvalue weighted by atomic mass is 16.5. The smallest absolute Gasteiger partial charge is 0.317 e. The van der Waals surface area contributed by atoms with Crippen molar-refractivity contribution in [3.05, 3.63) is 115 Å². The third-order valence-electron chi connectivity index (χ3n) is 5.50. The molecule has 0 fully saturated rings. The zero-order valence-electron chi connectivity index (χ0n) is 19.8.